The lowest BCUT2D eigenvalue weighted by Crippen LogP contribution is -2.34. The van der Waals surface area contributed by atoms with Gasteiger partial charge in [-0.2, -0.15) is 0 Å². The standard InChI is InChI=1S/C14H20N2O2S/c1-14(6-3-9-19-14)13(17)16-11-4-2-5-12(10-11)18-8-7-15/h2,4-5,10H,3,6-9,15H2,1H3,(H,16,17). The van der Waals surface area contributed by atoms with Crippen molar-refractivity contribution >= 4 is 23.4 Å². The molecular weight excluding hydrogens is 260 g/mol. The molecule has 0 aliphatic carbocycles. The van der Waals surface area contributed by atoms with E-state index in [0.717, 1.165) is 30.0 Å². The summed E-state index contributed by atoms with van der Waals surface area (Å²) in [5, 5.41) is 2.97. The van der Waals surface area contributed by atoms with Crippen molar-refractivity contribution in [2.24, 2.45) is 5.73 Å². The molecule has 0 bridgehead atoms. The van der Waals surface area contributed by atoms with Gasteiger partial charge in [-0.1, -0.05) is 6.07 Å². The quantitative estimate of drug-likeness (QED) is 0.868. The van der Waals surface area contributed by atoms with Gasteiger partial charge in [-0.05, 0) is 37.7 Å². The summed E-state index contributed by atoms with van der Waals surface area (Å²) in [5.41, 5.74) is 6.17. The van der Waals surface area contributed by atoms with Crippen molar-refractivity contribution in [2.45, 2.75) is 24.5 Å². The van der Waals surface area contributed by atoms with Gasteiger partial charge in [0.25, 0.3) is 0 Å². The first-order valence-corrected chi connectivity index (χ1v) is 7.51. The molecular formula is C14H20N2O2S. The Kier molecular flexibility index (Phi) is 4.71. The van der Waals surface area contributed by atoms with E-state index in [4.69, 9.17) is 10.5 Å². The average molecular weight is 280 g/mol. The van der Waals surface area contributed by atoms with E-state index in [1.807, 2.05) is 31.2 Å². The second-order valence-electron chi connectivity index (χ2n) is 4.80. The Balaban J connectivity index is 2.00. The maximum absolute atomic E-state index is 12.3. The monoisotopic (exact) mass is 280 g/mol. The lowest BCUT2D eigenvalue weighted by molar-refractivity contribution is -0.118. The lowest BCUT2D eigenvalue weighted by atomic mass is 10.0. The molecule has 0 spiro atoms. The van der Waals surface area contributed by atoms with Crippen molar-refractivity contribution in [1.29, 1.82) is 0 Å². The molecule has 0 saturated carbocycles. The molecule has 0 radical (unpaired) electrons. The van der Waals surface area contributed by atoms with Crippen LogP contribution >= 0.6 is 11.8 Å². The fourth-order valence-electron chi connectivity index (χ4n) is 2.06. The van der Waals surface area contributed by atoms with Crippen LogP contribution in [0, 0.1) is 0 Å². The molecule has 1 amide bonds. The number of rotatable bonds is 5. The van der Waals surface area contributed by atoms with Gasteiger partial charge in [-0.15, -0.1) is 11.8 Å². The summed E-state index contributed by atoms with van der Waals surface area (Å²) in [4.78, 5) is 12.3. The first-order chi connectivity index (χ1) is 9.14. The molecule has 1 saturated heterocycles. The molecule has 0 aromatic heterocycles. The lowest BCUT2D eigenvalue weighted by Gasteiger charge is -2.21. The van der Waals surface area contributed by atoms with Crippen molar-refractivity contribution < 1.29 is 9.53 Å². The van der Waals surface area contributed by atoms with Gasteiger partial charge in [0.05, 0.1) is 4.75 Å². The minimum atomic E-state index is -0.297. The van der Waals surface area contributed by atoms with E-state index >= 15 is 0 Å². The Morgan fingerprint density at radius 2 is 2.42 bits per heavy atom. The highest BCUT2D eigenvalue weighted by molar-refractivity contribution is 8.01. The zero-order valence-corrected chi connectivity index (χ0v) is 12.0. The van der Waals surface area contributed by atoms with Crippen LogP contribution in [-0.4, -0.2) is 29.6 Å². The van der Waals surface area contributed by atoms with Gasteiger partial charge in [0.1, 0.15) is 12.4 Å². The second kappa shape index (κ2) is 6.30. The van der Waals surface area contributed by atoms with Crippen LogP contribution in [0.5, 0.6) is 5.75 Å². The summed E-state index contributed by atoms with van der Waals surface area (Å²) in [5.74, 6) is 1.86. The van der Waals surface area contributed by atoms with Crippen molar-refractivity contribution in [2.75, 3.05) is 24.2 Å². The predicted molar refractivity (Wildman–Crippen MR) is 79.7 cm³/mol. The fraction of sp³-hybridized carbons (Fsp3) is 0.500. The smallest absolute Gasteiger partial charge is 0.240 e. The Morgan fingerprint density at radius 3 is 3.11 bits per heavy atom. The Hall–Kier alpha value is -1.20. The number of nitrogens with one attached hydrogen (secondary N) is 1. The number of carbonyl (C=O) groups excluding carboxylic acids is 1. The summed E-state index contributed by atoms with van der Waals surface area (Å²) in [6.07, 6.45) is 2.04. The van der Waals surface area contributed by atoms with E-state index in [0.29, 0.717) is 13.2 Å². The van der Waals surface area contributed by atoms with E-state index in [1.165, 1.54) is 0 Å². The Morgan fingerprint density at radius 1 is 1.58 bits per heavy atom. The normalized spacial score (nSPS) is 22.2. The molecule has 1 aliphatic heterocycles. The number of hydrogen-bond donors (Lipinski definition) is 2. The van der Waals surface area contributed by atoms with E-state index in [9.17, 15) is 4.79 Å². The van der Waals surface area contributed by atoms with E-state index in [2.05, 4.69) is 5.32 Å². The maximum Gasteiger partial charge on any atom is 0.240 e. The van der Waals surface area contributed by atoms with E-state index in [-0.39, 0.29) is 10.7 Å². The van der Waals surface area contributed by atoms with Gasteiger partial charge in [0, 0.05) is 18.3 Å². The molecule has 1 aromatic rings. The molecule has 1 unspecified atom stereocenters. The highest BCUT2D eigenvalue weighted by Crippen LogP contribution is 2.38. The van der Waals surface area contributed by atoms with Crippen LogP contribution in [0.1, 0.15) is 19.8 Å². The first-order valence-electron chi connectivity index (χ1n) is 6.52. The molecule has 1 heterocycles. The highest BCUT2D eigenvalue weighted by Gasteiger charge is 2.37. The van der Waals surface area contributed by atoms with Crippen LogP contribution in [0.15, 0.2) is 24.3 Å². The van der Waals surface area contributed by atoms with Gasteiger partial charge in [0.2, 0.25) is 5.91 Å². The molecule has 19 heavy (non-hydrogen) atoms. The van der Waals surface area contributed by atoms with Crippen molar-refractivity contribution in [1.82, 2.24) is 0 Å². The zero-order valence-electron chi connectivity index (χ0n) is 11.1. The van der Waals surface area contributed by atoms with E-state index in [1.54, 1.807) is 11.8 Å². The molecule has 1 atom stereocenters. The molecule has 4 nitrogen and oxygen atoms in total. The number of ether oxygens (including phenoxy) is 1. The Labute approximate surface area is 118 Å². The zero-order chi connectivity index (χ0) is 13.7. The minimum absolute atomic E-state index is 0.0750. The third-order valence-electron chi connectivity index (χ3n) is 3.18. The number of benzene rings is 1. The Bertz CT molecular complexity index is 445. The van der Waals surface area contributed by atoms with Crippen LogP contribution < -0.4 is 15.8 Å². The average Bonchev–Trinajstić information content (AvgIpc) is 2.85. The predicted octanol–water partition coefficient (Wildman–Crippen LogP) is 2.25. The summed E-state index contributed by atoms with van der Waals surface area (Å²) in [7, 11) is 0. The highest BCUT2D eigenvalue weighted by atomic mass is 32.2. The number of nitrogens with two attached hydrogens (primary N) is 1. The number of carbonyl (C=O) groups is 1. The minimum Gasteiger partial charge on any atom is -0.492 e. The molecule has 1 aromatic carbocycles. The van der Waals surface area contributed by atoms with Gasteiger partial charge < -0.3 is 15.8 Å². The third kappa shape index (κ3) is 3.64. The number of anilines is 1. The molecule has 1 fully saturated rings. The maximum atomic E-state index is 12.3. The molecule has 2 rings (SSSR count). The van der Waals surface area contributed by atoms with Crippen LogP contribution in [0.4, 0.5) is 5.69 Å². The number of amides is 1. The van der Waals surface area contributed by atoms with E-state index < -0.39 is 0 Å². The fourth-order valence-corrected chi connectivity index (χ4v) is 3.27. The van der Waals surface area contributed by atoms with Gasteiger partial charge in [0.15, 0.2) is 0 Å². The SMILES string of the molecule is CC1(C(=O)Nc2cccc(OCCN)c2)CCCS1. The third-order valence-corrected chi connectivity index (χ3v) is 4.70. The van der Waals surface area contributed by atoms with Gasteiger partial charge in [-0.3, -0.25) is 4.79 Å². The van der Waals surface area contributed by atoms with Crippen LogP contribution in [0.25, 0.3) is 0 Å². The number of hydrogen-bond acceptors (Lipinski definition) is 4. The molecule has 5 heteroatoms. The number of thioether (sulfide) groups is 1. The van der Waals surface area contributed by atoms with Crippen LogP contribution in [0.3, 0.4) is 0 Å². The van der Waals surface area contributed by atoms with Crippen molar-refractivity contribution in [3.8, 4) is 5.75 Å². The van der Waals surface area contributed by atoms with Crippen LogP contribution in [-0.2, 0) is 4.79 Å². The van der Waals surface area contributed by atoms with Gasteiger partial charge in [-0.25, -0.2) is 0 Å². The van der Waals surface area contributed by atoms with Crippen molar-refractivity contribution in [3.05, 3.63) is 24.3 Å². The summed E-state index contributed by atoms with van der Waals surface area (Å²) in [6.45, 7) is 2.96. The molecule has 1 aliphatic rings. The van der Waals surface area contributed by atoms with Gasteiger partial charge >= 0.3 is 0 Å². The summed E-state index contributed by atoms with van der Waals surface area (Å²) >= 11 is 1.73. The molecule has 3 N–H and O–H groups in total. The van der Waals surface area contributed by atoms with Crippen LogP contribution in [0.2, 0.25) is 0 Å². The first kappa shape index (κ1) is 14.2. The summed E-state index contributed by atoms with van der Waals surface area (Å²) < 4.78 is 5.15. The second-order valence-corrected chi connectivity index (χ2v) is 6.40. The largest absolute Gasteiger partial charge is 0.492 e. The van der Waals surface area contributed by atoms with Crippen molar-refractivity contribution in [3.63, 3.8) is 0 Å². The summed E-state index contributed by atoms with van der Waals surface area (Å²) in [6, 6.07) is 7.43. The topological polar surface area (TPSA) is 64.3 Å². The molecule has 104 valence electrons.